The highest BCUT2D eigenvalue weighted by molar-refractivity contribution is 7.09. The summed E-state index contributed by atoms with van der Waals surface area (Å²) in [5.41, 5.74) is 0. The molecule has 1 N–H and O–H groups in total. The Morgan fingerprint density at radius 1 is 1.26 bits per heavy atom. The Kier molecular flexibility index (Phi) is 4.55. The van der Waals surface area contributed by atoms with Crippen molar-refractivity contribution in [3.63, 3.8) is 0 Å². The Bertz CT molecular complexity index is 606. The molecule has 2 aromatic heterocycles. The van der Waals surface area contributed by atoms with Crippen LogP contribution in [0.2, 0.25) is 0 Å². The number of rotatable bonds is 5. The predicted molar refractivity (Wildman–Crippen MR) is 91.5 cm³/mol. The Labute approximate surface area is 140 Å². The van der Waals surface area contributed by atoms with Gasteiger partial charge in [-0.05, 0) is 30.4 Å². The van der Waals surface area contributed by atoms with E-state index in [4.69, 9.17) is 4.74 Å². The predicted octanol–water partition coefficient (Wildman–Crippen LogP) is 2.63. The minimum Gasteiger partial charge on any atom is -0.375 e. The number of nitrogens with one attached hydrogen (secondary N) is 1. The van der Waals surface area contributed by atoms with E-state index in [1.165, 1.54) is 17.7 Å². The maximum atomic E-state index is 6.13. The van der Waals surface area contributed by atoms with Crippen LogP contribution in [0.25, 0.3) is 0 Å². The number of fused-ring (bicyclic) bond motifs is 1. The first-order valence-electron chi connectivity index (χ1n) is 8.29. The molecule has 0 spiro atoms. The van der Waals surface area contributed by atoms with Crippen molar-refractivity contribution in [1.29, 1.82) is 0 Å². The molecule has 23 heavy (non-hydrogen) atoms. The van der Waals surface area contributed by atoms with Gasteiger partial charge in [-0.25, -0.2) is 9.97 Å². The lowest BCUT2D eigenvalue weighted by Gasteiger charge is -2.39. The summed E-state index contributed by atoms with van der Waals surface area (Å²) in [4.78, 5) is 12.5. The van der Waals surface area contributed by atoms with Gasteiger partial charge in [-0.2, -0.15) is 0 Å². The van der Waals surface area contributed by atoms with Crippen LogP contribution in [0, 0.1) is 5.92 Å². The number of morpholine rings is 1. The molecule has 6 heteroatoms. The maximum Gasteiger partial charge on any atom is 0.222 e. The molecule has 1 saturated heterocycles. The lowest BCUT2D eigenvalue weighted by atomic mass is 10.0. The first-order valence-corrected chi connectivity index (χ1v) is 9.17. The third kappa shape index (κ3) is 3.39. The summed E-state index contributed by atoms with van der Waals surface area (Å²) >= 11 is 1.85. The lowest BCUT2D eigenvalue weighted by Crippen LogP contribution is -2.50. The second kappa shape index (κ2) is 6.95. The number of aromatic nitrogens is 2. The van der Waals surface area contributed by atoms with Gasteiger partial charge in [-0.1, -0.05) is 6.07 Å². The molecule has 0 bridgehead atoms. The minimum absolute atomic E-state index is 0.333. The Morgan fingerprint density at radius 2 is 2.17 bits per heavy atom. The van der Waals surface area contributed by atoms with E-state index in [2.05, 4.69) is 37.7 Å². The van der Waals surface area contributed by atoms with Crippen molar-refractivity contribution in [2.45, 2.75) is 31.5 Å². The minimum atomic E-state index is 0.333. The lowest BCUT2D eigenvalue weighted by molar-refractivity contribution is -0.0742. The van der Waals surface area contributed by atoms with Gasteiger partial charge in [0.15, 0.2) is 0 Å². The molecule has 2 fully saturated rings. The van der Waals surface area contributed by atoms with Crippen LogP contribution in [-0.2, 0) is 11.3 Å². The molecule has 0 aromatic carbocycles. The summed E-state index contributed by atoms with van der Waals surface area (Å²) < 4.78 is 6.13. The van der Waals surface area contributed by atoms with Crippen LogP contribution in [0.15, 0.2) is 36.0 Å². The van der Waals surface area contributed by atoms with Gasteiger partial charge < -0.3 is 10.1 Å². The quantitative estimate of drug-likeness (QED) is 0.913. The second-order valence-corrected chi connectivity index (χ2v) is 7.28. The summed E-state index contributed by atoms with van der Waals surface area (Å²) in [6.45, 7) is 3.83. The summed E-state index contributed by atoms with van der Waals surface area (Å²) in [6, 6.07) is 6.76. The second-order valence-electron chi connectivity index (χ2n) is 6.24. The van der Waals surface area contributed by atoms with Crippen LogP contribution in [0.4, 0.5) is 5.95 Å². The first-order chi connectivity index (χ1) is 11.4. The van der Waals surface area contributed by atoms with Gasteiger partial charge in [0.1, 0.15) is 0 Å². The number of hydrogen-bond donors (Lipinski definition) is 1. The fourth-order valence-electron chi connectivity index (χ4n) is 3.77. The molecule has 2 aliphatic rings. The van der Waals surface area contributed by atoms with Crippen molar-refractivity contribution in [2.75, 3.05) is 25.0 Å². The Balaban J connectivity index is 1.37. The monoisotopic (exact) mass is 330 g/mol. The SMILES string of the molecule is c1cnc(NC[C@@H]2CC[C@@H]3[C@@H]2OCCN3Cc2cccs2)nc1. The molecule has 2 aromatic rings. The molecule has 0 unspecified atom stereocenters. The highest BCUT2D eigenvalue weighted by atomic mass is 32.1. The molecule has 0 radical (unpaired) electrons. The van der Waals surface area contributed by atoms with Crippen molar-refractivity contribution in [3.8, 4) is 0 Å². The van der Waals surface area contributed by atoms with Gasteiger partial charge in [0, 0.05) is 48.9 Å². The van der Waals surface area contributed by atoms with Crippen molar-refractivity contribution in [1.82, 2.24) is 14.9 Å². The molecule has 122 valence electrons. The van der Waals surface area contributed by atoms with E-state index in [-0.39, 0.29) is 0 Å². The summed E-state index contributed by atoms with van der Waals surface area (Å²) in [7, 11) is 0. The van der Waals surface area contributed by atoms with E-state index >= 15 is 0 Å². The molecule has 1 aliphatic carbocycles. The third-order valence-electron chi connectivity index (χ3n) is 4.86. The summed E-state index contributed by atoms with van der Waals surface area (Å²) in [5.74, 6) is 1.25. The fourth-order valence-corrected chi connectivity index (χ4v) is 4.50. The number of anilines is 1. The van der Waals surface area contributed by atoms with Crippen LogP contribution in [0.5, 0.6) is 0 Å². The van der Waals surface area contributed by atoms with E-state index in [0.29, 0.717) is 24.0 Å². The first kappa shape index (κ1) is 15.1. The largest absolute Gasteiger partial charge is 0.375 e. The topological polar surface area (TPSA) is 50.3 Å². The molecule has 3 heterocycles. The number of hydrogen-bond acceptors (Lipinski definition) is 6. The molecule has 0 amide bonds. The summed E-state index contributed by atoms with van der Waals surface area (Å²) in [6.07, 6.45) is 6.30. The van der Waals surface area contributed by atoms with Crippen LogP contribution < -0.4 is 5.32 Å². The number of thiophene rings is 1. The van der Waals surface area contributed by atoms with Crippen LogP contribution >= 0.6 is 11.3 Å². The zero-order valence-electron chi connectivity index (χ0n) is 13.1. The third-order valence-corrected chi connectivity index (χ3v) is 5.72. The zero-order valence-corrected chi connectivity index (χ0v) is 13.9. The van der Waals surface area contributed by atoms with Gasteiger partial charge in [-0.15, -0.1) is 11.3 Å². The van der Waals surface area contributed by atoms with Gasteiger partial charge in [0.05, 0.1) is 12.7 Å². The van der Waals surface area contributed by atoms with Gasteiger partial charge in [0.25, 0.3) is 0 Å². The number of nitrogens with zero attached hydrogens (tertiary/aromatic N) is 3. The van der Waals surface area contributed by atoms with Crippen molar-refractivity contribution >= 4 is 17.3 Å². The summed E-state index contributed by atoms with van der Waals surface area (Å²) in [5, 5.41) is 5.52. The average molecular weight is 330 g/mol. The van der Waals surface area contributed by atoms with Crippen molar-refractivity contribution in [3.05, 3.63) is 40.8 Å². The van der Waals surface area contributed by atoms with Gasteiger partial charge in [-0.3, -0.25) is 4.90 Å². The zero-order chi connectivity index (χ0) is 15.5. The van der Waals surface area contributed by atoms with Crippen molar-refractivity contribution in [2.24, 2.45) is 5.92 Å². The van der Waals surface area contributed by atoms with E-state index in [1.807, 2.05) is 17.4 Å². The van der Waals surface area contributed by atoms with Gasteiger partial charge >= 0.3 is 0 Å². The van der Waals surface area contributed by atoms with E-state index < -0.39 is 0 Å². The van der Waals surface area contributed by atoms with E-state index in [9.17, 15) is 0 Å². The van der Waals surface area contributed by atoms with E-state index in [0.717, 1.165) is 26.2 Å². The molecular formula is C17H22N4OS. The van der Waals surface area contributed by atoms with Gasteiger partial charge in [0.2, 0.25) is 5.95 Å². The van der Waals surface area contributed by atoms with E-state index in [1.54, 1.807) is 12.4 Å². The average Bonchev–Trinajstić information content (AvgIpc) is 3.24. The fraction of sp³-hybridized carbons (Fsp3) is 0.529. The highest BCUT2D eigenvalue weighted by Gasteiger charge is 2.42. The molecular weight excluding hydrogens is 308 g/mol. The number of ether oxygens (including phenoxy) is 1. The molecule has 1 aliphatic heterocycles. The highest BCUT2D eigenvalue weighted by Crippen LogP contribution is 2.35. The maximum absolute atomic E-state index is 6.13. The molecule has 5 nitrogen and oxygen atoms in total. The molecule has 1 saturated carbocycles. The molecule has 4 rings (SSSR count). The van der Waals surface area contributed by atoms with Crippen LogP contribution in [-0.4, -0.2) is 46.7 Å². The van der Waals surface area contributed by atoms with Crippen LogP contribution in [0.1, 0.15) is 17.7 Å². The Morgan fingerprint density at radius 3 is 3.00 bits per heavy atom. The molecule has 3 atom stereocenters. The van der Waals surface area contributed by atoms with Crippen molar-refractivity contribution < 1.29 is 4.74 Å². The normalized spacial score (nSPS) is 27.7. The smallest absolute Gasteiger partial charge is 0.222 e. The standard InChI is InChI=1S/C17H22N4OS/c1-3-14(23-10-1)12-21-8-9-22-16-13(4-5-15(16)21)11-20-17-18-6-2-7-19-17/h1-3,6-7,10,13,15-16H,4-5,8-9,11-12H2,(H,18,19,20)/t13-,15+,16+/m0/s1. The Hall–Kier alpha value is -1.50. The van der Waals surface area contributed by atoms with Crippen LogP contribution in [0.3, 0.4) is 0 Å².